The van der Waals surface area contributed by atoms with Gasteiger partial charge in [0.15, 0.2) is 5.11 Å². The maximum Gasteiger partial charge on any atom is 0.184 e. The maximum absolute atomic E-state index is 5.24. The molecule has 0 atom stereocenters. The molecule has 2 rings (SSSR count). The Kier molecular flexibility index (Phi) is 3.02. The minimum atomic E-state index is 0.120. The summed E-state index contributed by atoms with van der Waals surface area (Å²) < 4.78 is 0. The Bertz CT molecular complexity index is 546. The molecule has 0 bridgehead atoms. The van der Waals surface area contributed by atoms with Crippen LogP contribution in [0.3, 0.4) is 0 Å². The quantitative estimate of drug-likeness (QED) is 0.454. The smallest absolute Gasteiger partial charge is 0.184 e. The van der Waals surface area contributed by atoms with Crippen LogP contribution < -0.4 is 11.2 Å². The van der Waals surface area contributed by atoms with Crippen molar-refractivity contribution in [3.63, 3.8) is 0 Å². The van der Waals surface area contributed by atoms with Gasteiger partial charge in [-0.1, -0.05) is 0 Å². The zero-order chi connectivity index (χ0) is 11.4. The zero-order valence-electron chi connectivity index (χ0n) is 8.29. The van der Waals surface area contributed by atoms with Crippen molar-refractivity contribution < 1.29 is 0 Å². The van der Waals surface area contributed by atoms with Gasteiger partial charge in [0.05, 0.1) is 17.4 Å². The minimum Gasteiger partial charge on any atom is -0.375 e. The van der Waals surface area contributed by atoms with Gasteiger partial charge in [-0.15, -0.1) is 0 Å². The summed E-state index contributed by atoms with van der Waals surface area (Å²) in [5, 5.41) is 4.91. The van der Waals surface area contributed by atoms with Crippen molar-refractivity contribution in [3.05, 3.63) is 36.3 Å². The van der Waals surface area contributed by atoms with Crippen LogP contribution in [0.5, 0.6) is 0 Å². The standard InChI is InChI=1S/C10H9N5S/c11-10(16)15-14-6-9-7-2-1-4-12-8(7)3-5-13-9/h1-6H,(H3,11,15,16). The fourth-order valence-corrected chi connectivity index (χ4v) is 1.34. The van der Waals surface area contributed by atoms with E-state index in [4.69, 9.17) is 5.73 Å². The highest BCUT2D eigenvalue weighted by molar-refractivity contribution is 7.80. The van der Waals surface area contributed by atoms with E-state index >= 15 is 0 Å². The van der Waals surface area contributed by atoms with Crippen LogP contribution in [0.25, 0.3) is 10.9 Å². The van der Waals surface area contributed by atoms with Crippen LogP contribution in [0.4, 0.5) is 0 Å². The second kappa shape index (κ2) is 4.63. The van der Waals surface area contributed by atoms with Crippen LogP contribution >= 0.6 is 12.2 Å². The Balaban J connectivity index is 2.37. The Morgan fingerprint density at radius 3 is 3.06 bits per heavy atom. The molecule has 0 amide bonds. The first-order chi connectivity index (χ1) is 7.77. The van der Waals surface area contributed by atoms with Gasteiger partial charge in [-0.3, -0.25) is 15.4 Å². The highest BCUT2D eigenvalue weighted by Crippen LogP contribution is 2.11. The first kappa shape index (κ1) is 10.4. The van der Waals surface area contributed by atoms with Gasteiger partial charge < -0.3 is 5.73 Å². The van der Waals surface area contributed by atoms with Gasteiger partial charge in [-0.2, -0.15) is 5.10 Å². The molecule has 0 saturated carbocycles. The predicted octanol–water partition coefficient (Wildman–Crippen LogP) is 0.797. The lowest BCUT2D eigenvalue weighted by molar-refractivity contribution is 1.04. The zero-order valence-corrected chi connectivity index (χ0v) is 9.11. The lowest BCUT2D eigenvalue weighted by Gasteiger charge is -1.99. The van der Waals surface area contributed by atoms with Gasteiger partial charge in [-0.05, 0) is 30.4 Å². The molecule has 0 aliphatic carbocycles. The first-order valence-corrected chi connectivity index (χ1v) is 4.96. The number of aromatic nitrogens is 2. The van der Waals surface area contributed by atoms with Crippen LogP contribution in [0.15, 0.2) is 35.7 Å². The normalized spacial score (nSPS) is 10.8. The predicted molar refractivity (Wildman–Crippen MR) is 67.1 cm³/mol. The Morgan fingerprint density at radius 1 is 1.38 bits per heavy atom. The number of nitrogens with zero attached hydrogens (tertiary/aromatic N) is 3. The lowest BCUT2D eigenvalue weighted by atomic mass is 10.2. The Labute approximate surface area is 97.4 Å². The number of nitrogens with two attached hydrogens (primary N) is 1. The van der Waals surface area contributed by atoms with E-state index < -0.39 is 0 Å². The van der Waals surface area contributed by atoms with Crippen molar-refractivity contribution in [1.29, 1.82) is 0 Å². The van der Waals surface area contributed by atoms with Gasteiger partial charge in [0.1, 0.15) is 0 Å². The number of hydrogen-bond acceptors (Lipinski definition) is 4. The van der Waals surface area contributed by atoms with Gasteiger partial charge in [0.2, 0.25) is 0 Å². The largest absolute Gasteiger partial charge is 0.375 e. The number of pyridine rings is 2. The summed E-state index contributed by atoms with van der Waals surface area (Å²) in [6, 6.07) is 5.62. The molecule has 0 radical (unpaired) electrons. The van der Waals surface area contributed by atoms with Gasteiger partial charge >= 0.3 is 0 Å². The fourth-order valence-electron chi connectivity index (χ4n) is 1.28. The topological polar surface area (TPSA) is 76.2 Å². The summed E-state index contributed by atoms with van der Waals surface area (Å²) in [6.45, 7) is 0. The van der Waals surface area contributed by atoms with E-state index in [-0.39, 0.29) is 5.11 Å². The molecule has 3 N–H and O–H groups in total. The summed E-state index contributed by atoms with van der Waals surface area (Å²) in [5.41, 5.74) is 9.31. The molecule has 0 aliphatic heterocycles. The number of hydrazone groups is 1. The SMILES string of the molecule is NC(=S)NN=Cc1nccc2ncccc12. The van der Waals surface area contributed by atoms with Crippen molar-refractivity contribution in [2.24, 2.45) is 10.8 Å². The molecular weight excluding hydrogens is 222 g/mol. The van der Waals surface area contributed by atoms with Crippen molar-refractivity contribution in [2.75, 3.05) is 0 Å². The highest BCUT2D eigenvalue weighted by atomic mass is 32.1. The number of nitrogens with one attached hydrogen (secondary N) is 1. The average molecular weight is 231 g/mol. The molecule has 0 aliphatic rings. The van der Waals surface area contributed by atoms with E-state index in [0.717, 1.165) is 10.9 Å². The van der Waals surface area contributed by atoms with E-state index in [1.54, 1.807) is 18.6 Å². The highest BCUT2D eigenvalue weighted by Gasteiger charge is 1.99. The molecule has 2 aromatic heterocycles. The van der Waals surface area contributed by atoms with Crippen molar-refractivity contribution in [2.45, 2.75) is 0 Å². The number of rotatable bonds is 2. The summed E-state index contributed by atoms with van der Waals surface area (Å²) in [4.78, 5) is 8.40. The van der Waals surface area contributed by atoms with Crippen LogP contribution in [-0.4, -0.2) is 21.3 Å². The molecule has 2 aromatic rings. The van der Waals surface area contributed by atoms with E-state index in [1.165, 1.54) is 0 Å². The molecule has 0 unspecified atom stereocenters. The summed E-state index contributed by atoms with van der Waals surface area (Å²) in [6.07, 6.45) is 4.97. The molecular formula is C10H9N5S. The number of thiocarbonyl (C=S) groups is 1. The fraction of sp³-hybridized carbons (Fsp3) is 0. The molecule has 80 valence electrons. The Morgan fingerprint density at radius 2 is 2.25 bits per heavy atom. The lowest BCUT2D eigenvalue weighted by Crippen LogP contribution is -2.24. The van der Waals surface area contributed by atoms with Crippen LogP contribution in [0.2, 0.25) is 0 Å². The van der Waals surface area contributed by atoms with Gasteiger partial charge in [0.25, 0.3) is 0 Å². The van der Waals surface area contributed by atoms with Crippen LogP contribution in [0.1, 0.15) is 5.69 Å². The molecule has 6 heteroatoms. The first-order valence-electron chi connectivity index (χ1n) is 4.55. The molecule has 16 heavy (non-hydrogen) atoms. The van der Waals surface area contributed by atoms with E-state index in [1.807, 2.05) is 18.2 Å². The molecule has 0 saturated heterocycles. The molecule has 0 aromatic carbocycles. The minimum absolute atomic E-state index is 0.120. The third-order valence-electron chi connectivity index (χ3n) is 1.92. The monoisotopic (exact) mass is 231 g/mol. The van der Waals surface area contributed by atoms with E-state index in [2.05, 4.69) is 32.7 Å². The maximum atomic E-state index is 5.24. The van der Waals surface area contributed by atoms with Crippen LogP contribution in [0, 0.1) is 0 Å². The molecule has 2 heterocycles. The summed E-state index contributed by atoms with van der Waals surface area (Å²) in [5.74, 6) is 0. The van der Waals surface area contributed by atoms with E-state index in [9.17, 15) is 0 Å². The second-order valence-electron chi connectivity index (χ2n) is 3.00. The number of fused-ring (bicyclic) bond motifs is 1. The number of hydrogen-bond donors (Lipinski definition) is 2. The molecule has 0 fully saturated rings. The Hall–Kier alpha value is -2.08. The van der Waals surface area contributed by atoms with Crippen molar-refractivity contribution in [1.82, 2.24) is 15.4 Å². The molecule has 0 spiro atoms. The van der Waals surface area contributed by atoms with Crippen molar-refractivity contribution >= 4 is 34.4 Å². The van der Waals surface area contributed by atoms with Crippen LogP contribution in [-0.2, 0) is 0 Å². The molecule has 5 nitrogen and oxygen atoms in total. The second-order valence-corrected chi connectivity index (χ2v) is 3.44. The average Bonchev–Trinajstić information content (AvgIpc) is 2.29. The van der Waals surface area contributed by atoms with Crippen molar-refractivity contribution in [3.8, 4) is 0 Å². The third-order valence-corrected chi connectivity index (χ3v) is 2.01. The van der Waals surface area contributed by atoms with Gasteiger partial charge in [0, 0.05) is 17.8 Å². The van der Waals surface area contributed by atoms with Gasteiger partial charge in [-0.25, -0.2) is 0 Å². The van der Waals surface area contributed by atoms with E-state index in [0.29, 0.717) is 5.69 Å². The third kappa shape index (κ3) is 2.29. The summed E-state index contributed by atoms with van der Waals surface area (Å²) >= 11 is 4.63. The summed E-state index contributed by atoms with van der Waals surface area (Å²) in [7, 11) is 0.